The fraction of sp³-hybridized carbons (Fsp3) is 0.421. The Kier molecular flexibility index (Phi) is 5.88. The van der Waals surface area contributed by atoms with E-state index in [1.54, 1.807) is 30.9 Å². The zero-order chi connectivity index (χ0) is 19.6. The maximum atomic E-state index is 12.7. The van der Waals surface area contributed by atoms with Crippen LogP contribution in [0.15, 0.2) is 29.8 Å². The number of hydrogen-bond donors (Lipinski definition) is 3. The monoisotopic (exact) mass is 388 g/mol. The van der Waals surface area contributed by atoms with Gasteiger partial charge in [0.2, 0.25) is 11.8 Å². The standard InChI is InChI=1S/C19H24N4O3S/c1-11-17(27-10-21-11)13-6-4-12(5-7-13)16(19(26)23(2)3)22-18(25)15-8-14(24)9-20-15/h4-7,10,14-16,20,24H,8-9H2,1-3H3,(H,22,25)/t14-,15+,16?/m1/s1. The first-order chi connectivity index (χ1) is 12.9. The van der Waals surface area contributed by atoms with E-state index >= 15 is 0 Å². The van der Waals surface area contributed by atoms with Crippen molar-refractivity contribution in [2.24, 2.45) is 0 Å². The Bertz CT molecular complexity index is 819. The van der Waals surface area contributed by atoms with Crippen LogP contribution in [0, 0.1) is 6.92 Å². The van der Waals surface area contributed by atoms with Gasteiger partial charge in [-0.05, 0) is 24.5 Å². The van der Waals surface area contributed by atoms with Crippen LogP contribution in [0.2, 0.25) is 0 Å². The van der Waals surface area contributed by atoms with Gasteiger partial charge >= 0.3 is 0 Å². The molecule has 2 heterocycles. The molecule has 3 atom stereocenters. The van der Waals surface area contributed by atoms with E-state index in [1.165, 1.54) is 4.90 Å². The number of rotatable bonds is 5. The van der Waals surface area contributed by atoms with E-state index in [0.717, 1.165) is 16.1 Å². The summed E-state index contributed by atoms with van der Waals surface area (Å²) in [5.41, 5.74) is 4.52. The van der Waals surface area contributed by atoms with Crippen LogP contribution < -0.4 is 10.6 Å². The number of hydrogen-bond acceptors (Lipinski definition) is 6. The van der Waals surface area contributed by atoms with Crippen molar-refractivity contribution in [2.75, 3.05) is 20.6 Å². The van der Waals surface area contributed by atoms with Crippen molar-refractivity contribution >= 4 is 23.2 Å². The molecule has 0 bridgehead atoms. The number of aromatic nitrogens is 1. The van der Waals surface area contributed by atoms with Crippen LogP contribution in [0.4, 0.5) is 0 Å². The Morgan fingerprint density at radius 3 is 2.56 bits per heavy atom. The summed E-state index contributed by atoms with van der Waals surface area (Å²) in [4.78, 5) is 32.0. The second-order valence-corrected chi connectivity index (χ2v) is 7.77. The SMILES string of the molecule is Cc1ncsc1-c1ccc(C(NC(=O)[C@@H]2C[C@@H](O)CN2)C(=O)N(C)C)cc1. The van der Waals surface area contributed by atoms with Crippen molar-refractivity contribution in [3.63, 3.8) is 0 Å². The molecule has 1 unspecified atom stereocenters. The number of benzene rings is 1. The Morgan fingerprint density at radius 2 is 2.04 bits per heavy atom. The fourth-order valence-electron chi connectivity index (χ4n) is 3.11. The van der Waals surface area contributed by atoms with Gasteiger partial charge in [0.1, 0.15) is 6.04 Å². The average Bonchev–Trinajstić information content (AvgIpc) is 3.27. The van der Waals surface area contributed by atoms with Crippen molar-refractivity contribution in [3.8, 4) is 10.4 Å². The predicted octanol–water partition coefficient (Wildman–Crippen LogP) is 1.09. The molecule has 1 aromatic heterocycles. The number of carbonyl (C=O) groups is 2. The lowest BCUT2D eigenvalue weighted by atomic mass is 10.0. The molecule has 27 heavy (non-hydrogen) atoms. The number of amides is 2. The second kappa shape index (κ2) is 8.16. The van der Waals surface area contributed by atoms with Crippen LogP contribution in [0.1, 0.15) is 23.7 Å². The summed E-state index contributed by atoms with van der Waals surface area (Å²) in [6.07, 6.45) is -0.191. The normalized spacial score (nSPS) is 20.3. The molecule has 1 aliphatic heterocycles. The number of aliphatic hydroxyl groups excluding tert-OH is 1. The highest BCUT2D eigenvalue weighted by molar-refractivity contribution is 7.13. The highest BCUT2D eigenvalue weighted by atomic mass is 32.1. The van der Waals surface area contributed by atoms with Crippen LogP contribution in [0.3, 0.4) is 0 Å². The molecule has 8 heteroatoms. The molecule has 0 aliphatic carbocycles. The summed E-state index contributed by atoms with van der Waals surface area (Å²) >= 11 is 1.57. The number of aliphatic hydroxyl groups is 1. The topological polar surface area (TPSA) is 94.6 Å². The summed E-state index contributed by atoms with van der Waals surface area (Å²) in [6.45, 7) is 2.34. The Hall–Kier alpha value is -2.29. The van der Waals surface area contributed by atoms with E-state index in [4.69, 9.17) is 0 Å². The van der Waals surface area contributed by atoms with Gasteiger partial charge in [-0.15, -0.1) is 11.3 Å². The van der Waals surface area contributed by atoms with Crippen LogP contribution in [0.25, 0.3) is 10.4 Å². The summed E-state index contributed by atoms with van der Waals surface area (Å²) < 4.78 is 0. The molecule has 144 valence electrons. The van der Waals surface area contributed by atoms with Gasteiger partial charge in [0.25, 0.3) is 0 Å². The highest BCUT2D eigenvalue weighted by Gasteiger charge is 2.32. The minimum atomic E-state index is -0.774. The van der Waals surface area contributed by atoms with Crippen LogP contribution in [-0.4, -0.2) is 59.6 Å². The maximum absolute atomic E-state index is 12.7. The number of likely N-dealkylation sites (N-methyl/N-ethyl adjacent to an activating group) is 1. The second-order valence-electron chi connectivity index (χ2n) is 6.91. The van der Waals surface area contributed by atoms with Crippen molar-refractivity contribution in [2.45, 2.75) is 31.5 Å². The van der Waals surface area contributed by atoms with Crippen molar-refractivity contribution in [1.82, 2.24) is 20.5 Å². The van der Waals surface area contributed by atoms with Gasteiger partial charge in [-0.3, -0.25) is 9.59 Å². The van der Waals surface area contributed by atoms with Crippen molar-refractivity contribution in [3.05, 3.63) is 41.0 Å². The van der Waals surface area contributed by atoms with E-state index in [0.29, 0.717) is 18.5 Å². The van der Waals surface area contributed by atoms with Gasteiger partial charge < -0.3 is 20.6 Å². The van der Waals surface area contributed by atoms with E-state index in [-0.39, 0.29) is 11.8 Å². The van der Waals surface area contributed by atoms with Gasteiger partial charge in [-0.25, -0.2) is 4.98 Å². The van der Waals surface area contributed by atoms with Crippen molar-refractivity contribution in [1.29, 1.82) is 0 Å². The molecule has 1 aliphatic rings. The molecule has 0 saturated carbocycles. The molecule has 2 amide bonds. The van der Waals surface area contributed by atoms with Gasteiger partial charge in [-0.1, -0.05) is 24.3 Å². The quantitative estimate of drug-likeness (QED) is 0.713. The molecule has 3 rings (SSSR count). The third kappa shape index (κ3) is 4.35. The molecular weight excluding hydrogens is 364 g/mol. The Labute approximate surface area is 162 Å². The minimum absolute atomic E-state index is 0.205. The lowest BCUT2D eigenvalue weighted by molar-refractivity contribution is -0.135. The highest BCUT2D eigenvalue weighted by Crippen LogP contribution is 2.28. The van der Waals surface area contributed by atoms with Crippen LogP contribution in [-0.2, 0) is 9.59 Å². The number of nitrogens with one attached hydrogen (secondary N) is 2. The van der Waals surface area contributed by atoms with Crippen LogP contribution >= 0.6 is 11.3 Å². The maximum Gasteiger partial charge on any atom is 0.249 e. The van der Waals surface area contributed by atoms with Crippen LogP contribution in [0.5, 0.6) is 0 Å². The molecule has 1 fully saturated rings. The summed E-state index contributed by atoms with van der Waals surface area (Å²) in [5, 5.41) is 15.4. The minimum Gasteiger partial charge on any atom is -0.392 e. The Balaban J connectivity index is 1.81. The lowest BCUT2D eigenvalue weighted by Gasteiger charge is -2.24. The zero-order valence-electron chi connectivity index (χ0n) is 15.6. The molecule has 1 aromatic carbocycles. The number of thiazole rings is 1. The lowest BCUT2D eigenvalue weighted by Crippen LogP contribution is -2.46. The summed E-state index contributed by atoms with van der Waals surface area (Å²) in [7, 11) is 3.32. The summed E-state index contributed by atoms with van der Waals surface area (Å²) in [6, 6.07) is 6.33. The largest absolute Gasteiger partial charge is 0.392 e. The smallest absolute Gasteiger partial charge is 0.249 e. The molecule has 0 radical (unpaired) electrons. The number of β-amino-alcohol motifs (C(OH)–C–C–N with tert-alkyl or cyclic N) is 1. The van der Waals surface area contributed by atoms with Gasteiger partial charge in [0, 0.05) is 20.6 Å². The predicted molar refractivity (Wildman–Crippen MR) is 104 cm³/mol. The van der Waals surface area contributed by atoms with Gasteiger partial charge in [0.15, 0.2) is 0 Å². The summed E-state index contributed by atoms with van der Waals surface area (Å²) in [5.74, 6) is -0.488. The van der Waals surface area contributed by atoms with Gasteiger partial charge in [-0.2, -0.15) is 0 Å². The fourth-order valence-corrected chi connectivity index (χ4v) is 3.92. The molecular formula is C19H24N4O3S. The van der Waals surface area contributed by atoms with Gasteiger partial charge in [0.05, 0.1) is 28.2 Å². The van der Waals surface area contributed by atoms with E-state index < -0.39 is 18.2 Å². The number of nitrogens with zero attached hydrogens (tertiary/aromatic N) is 2. The van der Waals surface area contributed by atoms with E-state index in [9.17, 15) is 14.7 Å². The molecule has 1 saturated heterocycles. The molecule has 0 spiro atoms. The third-order valence-corrected chi connectivity index (χ3v) is 5.63. The number of carbonyl (C=O) groups excluding carboxylic acids is 2. The Morgan fingerprint density at radius 1 is 1.33 bits per heavy atom. The third-order valence-electron chi connectivity index (χ3n) is 4.65. The average molecular weight is 388 g/mol. The molecule has 3 N–H and O–H groups in total. The van der Waals surface area contributed by atoms with E-state index in [2.05, 4.69) is 15.6 Å². The van der Waals surface area contributed by atoms with Crippen molar-refractivity contribution < 1.29 is 14.7 Å². The number of aryl methyl sites for hydroxylation is 1. The zero-order valence-corrected chi connectivity index (χ0v) is 16.4. The first-order valence-corrected chi connectivity index (χ1v) is 9.68. The molecule has 7 nitrogen and oxygen atoms in total. The first-order valence-electron chi connectivity index (χ1n) is 8.80. The molecule has 2 aromatic rings. The first kappa shape index (κ1) is 19.5. The van der Waals surface area contributed by atoms with E-state index in [1.807, 2.05) is 31.2 Å².